The van der Waals surface area contributed by atoms with Crippen molar-refractivity contribution < 1.29 is 27.4 Å². The molecule has 2 rings (SSSR count). The van der Waals surface area contributed by atoms with Crippen LogP contribution in [-0.4, -0.2) is 20.3 Å². The summed E-state index contributed by atoms with van der Waals surface area (Å²) in [7, 11) is 2.79. The van der Waals surface area contributed by atoms with Gasteiger partial charge in [-0.1, -0.05) is 17.7 Å². The van der Waals surface area contributed by atoms with Crippen LogP contribution in [0.25, 0.3) is 0 Å². The molecule has 0 heterocycles. The first-order valence-corrected chi connectivity index (χ1v) is 7.29. The Morgan fingerprint density at radius 3 is 2.32 bits per heavy atom. The van der Waals surface area contributed by atoms with Crippen molar-refractivity contribution in [2.45, 2.75) is 6.18 Å². The average Bonchev–Trinajstić information content (AvgIpc) is 2.55. The number of hydrogen-bond donors (Lipinski definition) is 2. The topological polar surface area (TPSA) is 59.6 Å². The number of anilines is 2. The highest BCUT2D eigenvalue weighted by Gasteiger charge is 2.30. The average molecular weight is 375 g/mol. The van der Waals surface area contributed by atoms with Crippen molar-refractivity contribution in [3.63, 3.8) is 0 Å². The van der Waals surface area contributed by atoms with Crippen molar-refractivity contribution in [3.8, 4) is 11.5 Å². The number of halogens is 4. The van der Waals surface area contributed by atoms with Gasteiger partial charge >= 0.3 is 12.2 Å². The molecule has 5 nitrogen and oxygen atoms in total. The first-order chi connectivity index (χ1) is 11.7. The summed E-state index contributed by atoms with van der Waals surface area (Å²) in [6, 6.07) is 6.42. The Labute approximate surface area is 146 Å². The van der Waals surface area contributed by atoms with E-state index in [-0.39, 0.29) is 22.1 Å². The Kier molecular flexibility index (Phi) is 5.63. The van der Waals surface area contributed by atoms with Crippen molar-refractivity contribution in [3.05, 3.63) is 47.0 Å². The van der Waals surface area contributed by atoms with Crippen molar-refractivity contribution in [1.82, 2.24) is 0 Å². The quantitative estimate of drug-likeness (QED) is 0.790. The summed E-state index contributed by atoms with van der Waals surface area (Å²) in [5.41, 5.74) is -0.628. The number of hydrogen-bond acceptors (Lipinski definition) is 3. The van der Waals surface area contributed by atoms with Crippen LogP contribution in [0, 0.1) is 0 Å². The van der Waals surface area contributed by atoms with Gasteiger partial charge in [0.05, 0.1) is 30.5 Å². The van der Waals surface area contributed by atoms with Gasteiger partial charge < -0.3 is 20.1 Å². The van der Waals surface area contributed by atoms with Gasteiger partial charge in [0.2, 0.25) is 0 Å². The van der Waals surface area contributed by atoms with E-state index in [1.54, 1.807) is 0 Å². The molecule has 2 aromatic carbocycles. The summed E-state index contributed by atoms with van der Waals surface area (Å²) in [5.74, 6) is 0.571. The summed E-state index contributed by atoms with van der Waals surface area (Å²) < 4.78 is 48.3. The second kappa shape index (κ2) is 7.52. The smallest absolute Gasteiger partial charge is 0.416 e. The van der Waals surface area contributed by atoms with E-state index >= 15 is 0 Å². The fraction of sp³-hybridized carbons (Fsp3) is 0.188. The molecule has 9 heteroatoms. The van der Waals surface area contributed by atoms with Crippen LogP contribution in [0.2, 0.25) is 5.02 Å². The lowest BCUT2D eigenvalue weighted by Gasteiger charge is -2.14. The fourth-order valence-electron chi connectivity index (χ4n) is 2.02. The van der Waals surface area contributed by atoms with Crippen LogP contribution >= 0.6 is 11.6 Å². The zero-order valence-corrected chi connectivity index (χ0v) is 14.0. The summed E-state index contributed by atoms with van der Waals surface area (Å²) in [5, 5.41) is 5.08. The van der Waals surface area contributed by atoms with Gasteiger partial charge in [-0.25, -0.2) is 4.79 Å². The third-order valence-electron chi connectivity index (χ3n) is 3.17. The van der Waals surface area contributed by atoms with Crippen LogP contribution in [0.15, 0.2) is 36.4 Å². The molecule has 0 unspecified atom stereocenters. The lowest BCUT2D eigenvalue weighted by molar-refractivity contribution is -0.137. The SMILES string of the molecule is COc1cc(NC(=O)Nc2cccc(C(F)(F)F)c2)c(OC)cc1Cl. The third kappa shape index (κ3) is 4.69. The number of amides is 2. The molecule has 0 aliphatic rings. The lowest BCUT2D eigenvalue weighted by Crippen LogP contribution is -2.20. The summed E-state index contributed by atoms with van der Waals surface area (Å²) in [6.45, 7) is 0. The number of nitrogens with one attached hydrogen (secondary N) is 2. The van der Waals surface area contributed by atoms with Gasteiger partial charge in [0, 0.05) is 17.8 Å². The van der Waals surface area contributed by atoms with Crippen molar-refractivity contribution in [2.24, 2.45) is 0 Å². The van der Waals surface area contributed by atoms with E-state index < -0.39 is 17.8 Å². The predicted octanol–water partition coefficient (Wildman–Crippen LogP) is 5.02. The van der Waals surface area contributed by atoms with Crippen molar-refractivity contribution in [2.75, 3.05) is 24.9 Å². The molecule has 2 N–H and O–H groups in total. The Balaban J connectivity index is 2.18. The van der Waals surface area contributed by atoms with Crippen LogP contribution < -0.4 is 20.1 Å². The Bertz CT molecular complexity index is 782. The van der Waals surface area contributed by atoms with Crippen molar-refractivity contribution >= 4 is 29.0 Å². The van der Waals surface area contributed by atoms with Crippen LogP contribution in [0.5, 0.6) is 11.5 Å². The minimum absolute atomic E-state index is 0.00720. The zero-order valence-electron chi connectivity index (χ0n) is 13.2. The number of alkyl halides is 3. The normalized spacial score (nSPS) is 11.0. The molecule has 0 atom stereocenters. The first-order valence-electron chi connectivity index (χ1n) is 6.91. The number of carbonyl (C=O) groups excluding carboxylic acids is 1. The van der Waals surface area contributed by atoms with Gasteiger partial charge in [-0.05, 0) is 18.2 Å². The van der Waals surface area contributed by atoms with Crippen molar-refractivity contribution in [1.29, 1.82) is 0 Å². The molecular weight excluding hydrogens is 361 g/mol. The minimum Gasteiger partial charge on any atom is -0.495 e. The molecule has 25 heavy (non-hydrogen) atoms. The molecule has 134 valence electrons. The molecule has 2 amide bonds. The molecule has 0 bridgehead atoms. The molecule has 0 saturated carbocycles. The summed E-state index contributed by atoms with van der Waals surface area (Å²) in [6.07, 6.45) is -4.50. The predicted molar refractivity (Wildman–Crippen MR) is 88.6 cm³/mol. The molecule has 0 saturated heterocycles. The van der Waals surface area contributed by atoms with Crippen LogP contribution in [-0.2, 0) is 6.18 Å². The molecule has 2 aromatic rings. The molecule has 0 aliphatic heterocycles. The molecular formula is C16H14ClF3N2O3. The monoisotopic (exact) mass is 374 g/mol. The highest BCUT2D eigenvalue weighted by atomic mass is 35.5. The van der Waals surface area contributed by atoms with E-state index in [1.807, 2.05) is 0 Å². The Morgan fingerprint density at radius 2 is 1.72 bits per heavy atom. The molecule has 0 aliphatic carbocycles. The molecule has 0 radical (unpaired) electrons. The van der Waals surface area contributed by atoms with Crippen LogP contribution in [0.3, 0.4) is 0 Å². The second-order valence-electron chi connectivity index (χ2n) is 4.84. The maximum Gasteiger partial charge on any atom is 0.416 e. The number of methoxy groups -OCH3 is 2. The van der Waals surface area contributed by atoms with E-state index in [9.17, 15) is 18.0 Å². The fourth-order valence-corrected chi connectivity index (χ4v) is 2.25. The molecule has 0 spiro atoms. The summed E-state index contributed by atoms with van der Waals surface area (Å²) >= 11 is 5.97. The third-order valence-corrected chi connectivity index (χ3v) is 3.47. The standard InChI is InChI=1S/C16H14ClF3N2O3/c1-24-13-8-12(14(25-2)7-11(13)17)22-15(23)21-10-5-3-4-9(6-10)16(18,19)20/h3-8H,1-2H3,(H2,21,22,23). The molecule has 0 fully saturated rings. The summed E-state index contributed by atoms with van der Waals surface area (Å²) in [4.78, 5) is 12.1. The van der Waals surface area contributed by atoms with Crippen LogP contribution in [0.1, 0.15) is 5.56 Å². The van der Waals surface area contributed by atoms with Gasteiger partial charge in [0.25, 0.3) is 0 Å². The first kappa shape index (κ1) is 18.7. The van der Waals surface area contributed by atoms with E-state index in [4.69, 9.17) is 21.1 Å². The second-order valence-corrected chi connectivity index (χ2v) is 5.25. The Morgan fingerprint density at radius 1 is 1.04 bits per heavy atom. The maximum atomic E-state index is 12.7. The number of urea groups is 1. The largest absolute Gasteiger partial charge is 0.495 e. The zero-order chi connectivity index (χ0) is 18.6. The lowest BCUT2D eigenvalue weighted by atomic mass is 10.2. The number of carbonyl (C=O) groups is 1. The van der Waals surface area contributed by atoms with Gasteiger partial charge in [-0.15, -0.1) is 0 Å². The minimum atomic E-state index is -4.50. The molecule has 0 aromatic heterocycles. The van der Waals surface area contributed by atoms with E-state index in [1.165, 1.54) is 38.5 Å². The maximum absolute atomic E-state index is 12.7. The van der Waals surface area contributed by atoms with Gasteiger partial charge in [0.1, 0.15) is 11.5 Å². The van der Waals surface area contributed by atoms with Crippen LogP contribution in [0.4, 0.5) is 29.3 Å². The highest BCUT2D eigenvalue weighted by molar-refractivity contribution is 6.32. The Hall–Kier alpha value is -2.61. The van der Waals surface area contributed by atoms with E-state index in [2.05, 4.69) is 10.6 Å². The van der Waals surface area contributed by atoms with Gasteiger partial charge in [-0.2, -0.15) is 13.2 Å². The van der Waals surface area contributed by atoms with E-state index in [0.29, 0.717) is 5.75 Å². The van der Waals surface area contributed by atoms with Gasteiger partial charge in [-0.3, -0.25) is 0 Å². The number of rotatable bonds is 4. The van der Waals surface area contributed by atoms with E-state index in [0.717, 1.165) is 12.1 Å². The number of benzene rings is 2. The van der Waals surface area contributed by atoms with Gasteiger partial charge in [0.15, 0.2) is 0 Å². The number of ether oxygens (including phenoxy) is 2. The highest BCUT2D eigenvalue weighted by Crippen LogP contribution is 2.36.